The van der Waals surface area contributed by atoms with Gasteiger partial charge in [0, 0.05) is 0 Å². The van der Waals surface area contributed by atoms with Gasteiger partial charge in [0.1, 0.15) is 0 Å². The topological polar surface area (TPSA) is 34.4 Å². The molecular formula is C49H34N2OP2Se. The molecule has 0 atom stereocenters. The predicted octanol–water partition coefficient (Wildman–Crippen LogP) is 9.48. The van der Waals surface area contributed by atoms with E-state index in [1.54, 1.807) is 0 Å². The van der Waals surface area contributed by atoms with Crippen molar-refractivity contribution in [1.82, 2.24) is 9.38 Å². The van der Waals surface area contributed by atoms with Gasteiger partial charge in [-0.15, -0.1) is 0 Å². The number of aromatic nitrogens is 2. The Bertz CT molecular complexity index is 3050. The molecule has 10 rings (SSSR count). The Kier molecular flexibility index (Phi) is 8.40. The first kappa shape index (κ1) is 33.9. The molecule has 3 nitrogen and oxygen atoms in total. The molecule has 0 saturated heterocycles. The zero-order valence-corrected chi connectivity index (χ0v) is 33.2. The molecule has 0 fully saturated rings. The molecule has 2 aromatic heterocycles. The summed E-state index contributed by atoms with van der Waals surface area (Å²) in [4.78, 5) is 5.40. The van der Waals surface area contributed by atoms with Gasteiger partial charge in [0.2, 0.25) is 0 Å². The van der Waals surface area contributed by atoms with Gasteiger partial charge in [-0.2, -0.15) is 0 Å². The van der Waals surface area contributed by atoms with Gasteiger partial charge < -0.3 is 0 Å². The molecule has 6 heteroatoms. The Hall–Kier alpha value is -5.59. The molecule has 8 aromatic carbocycles. The number of fused-ring (bicyclic) bond motifs is 8. The number of nitrogens with zero attached hydrogens (tertiary/aromatic N) is 2. The van der Waals surface area contributed by atoms with E-state index >= 15 is 4.57 Å². The van der Waals surface area contributed by atoms with Crippen molar-refractivity contribution in [2.75, 3.05) is 0 Å². The maximum atomic E-state index is 15.7. The molecule has 262 valence electrons. The quantitative estimate of drug-likeness (QED) is 0.0915. The van der Waals surface area contributed by atoms with E-state index in [1.165, 1.54) is 15.9 Å². The first-order valence-corrected chi connectivity index (χ1v) is 24.1. The second-order valence-corrected chi connectivity index (χ2v) is 22.8. The summed E-state index contributed by atoms with van der Waals surface area (Å²) >= 11 is 3.75. The molecular weight excluding hydrogens is 773 g/mol. The van der Waals surface area contributed by atoms with Crippen LogP contribution in [-0.4, -0.2) is 24.5 Å². The van der Waals surface area contributed by atoms with Crippen LogP contribution in [0.3, 0.4) is 0 Å². The van der Waals surface area contributed by atoms with Crippen LogP contribution in [-0.2, 0) is 4.57 Å². The van der Waals surface area contributed by atoms with Gasteiger partial charge in [-0.1, -0.05) is 42.5 Å². The van der Waals surface area contributed by atoms with Crippen molar-refractivity contribution < 1.29 is 4.57 Å². The maximum absolute atomic E-state index is 15.7. The van der Waals surface area contributed by atoms with E-state index in [2.05, 4.69) is 159 Å². The second kappa shape index (κ2) is 13.6. The molecule has 0 radical (unpaired) electrons. The molecule has 0 aliphatic carbocycles. The van der Waals surface area contributed by atoms with Gasteiger partial charge >= 0.3 is 287 Å². The number of rotatable bonds is 7. The molecule has 0 saturated carbocycles. The number of benzene rings is 8. The predicted molar refractivity (Wildman–Crippen MR) is 237 cm³/mol. The van der Waals surface area contributed by atoms with E-state index in [0.29, 0.717) is 0 Å². The van der Waals surface area contributed by atoms with Crippen molar-refractivity contribution in [1.29, 1.82) is 0 Å². The Labute approximate surface area is 327 Å². The van der Waals surface area contributed by atoms with Crippen molar-refractivity contribution in [2.45, 2.75) is 0 Å². The van der Waals surface area contributed by atoms with Gasteiger partial charge in [-0.05, 0) is 0 Å². The van der Waals surface area contributed by atoms with Gasteiger partial charge in [0.05, 0.1) is 0 Å². The summed E-state index contributed by atoms with van der Waals surface area (Å²) in [6, 6.07) is 71.8. The van der Waals surface area contributed by atoms with Crippen LogP contribution < -0.4 is 31.8 Å². The fourth-order valence-electron chi connectivity index (χ4n) is 8.03. The summed E-state index contributed by atoms with van der Waals surface area (Å²) in [7, 11) is -3.25. The first-order chi connectivity index (χ1) is 27.0. The number of imidazole rings is 1. The zero-order chi connectivity index (χ0) is 37.0. The van der Waals surface area contributed by atoms with Crippen molar-refractivity contribution in [3.63, 3.8) is 0 Å². The monoisotopic (exact) mass is 808 g/mol. The average molecular weight is 808 g/mol. The summed E-state index contributed by atoms with van der Waals surface area (Å²) in [5.41, 5.74) is 3.89. The Morgan fingerprint density at radius 2 is 0.909 bits per heavy atom. The molecule has 0 bridgehead atoms. The van der Waals surface area contributed by atoms with E-state index in [9.17, 15) is 0 Å². The van der Waals surface area contributed by atoms with Crippen LogP contribution in [0.25, 0.3) is 49.5 Å². The molecule has 0 spiro atoms. The molecule has 2 heterocycles. The first-order valence-electron chi connectivity index (χ1n) is 18.3. The fraction of sp³-hybridized carbons (Fsp3) is 0. The molecule has 0 unspecified atom stereocenters. The number of pyridine rings is 1. The van der Waals surface area contributed by atoms with Gasteiger partial charge in [-0.25, -0.2) is 0 Å². The van der Waals surface area contributed by atoms with E-state index in [0.717, 1.165) is 65.4 Å². The third-order valence-corrected chi connectivity index (χ3v) is 20.8. The average Bonchev–Trinajstić information content (AvgIpc) is 3.66. The third kappa shape index (κ3) is 5.52. The van der Waals surface area contributed by atoms with Crippen LogP contribution in [0.5, 0.6) is 0 Å². The fourth-order valence-corrected chi connectivity index (χ4v) is 15.6. The minimum atomic E-state index is -3.25. The van der Waals surface area contributed by atoms with Crippen LogP contribution in [0.15, 0.2) is 206 Å². The van der Waals surface area contributed by atoms with Crippen molar-refractivity contribution in [3.05, 3.63) is 206 Å². The van der Waals surface area contributed by atoms with Crippen LogP contribution in [0, 0.1) is 0 Å². The standard InChI is InChI=1S/C49H34N2OP2Se/c52-53(37-18-8-2-9-19-37,38-20-10-3-11-21-38)41-27-30-44-43-29-28-42(54(55,39-22-12-4-13-23-39)40-24-14-5-15-25-40)33-45(43)49-50-46-31-26-36(35-16-6-1-7-17-35)32-48(46)51(49)47(44)34-41/h1-34H. The van der Waals surface area contributed by atoms with E-state index in [-0.39, 0.29) is 0 Å². The van der Waals surface area contributed by atoms with Crippen molar-refractivity contribution in [3.8, 4) is 11.1 Å². The van der Waals surface area contributed by atoms with Gasteiger partial charge in [0.15, 0.2) is 0 Å². The zero-order valence-electron chi connectivity index (χ0n) is 29.7. The van der Waals surface area contributed by atoms with Gasteiger partial charge in [-0.3, -0.25) is 0 Å². The summed E-state index contributed by atoms with van der Waals surface area (Å²) in [6.45, 7) is 0. The van der Waals surface area contributed by atoms with Crippen LogP contribution in [0.2, 0.25) is 0 Å². The Morgan fingerprint density at radius 3 is 1.49 bits per heavy atom. The molecule has 10 aromatic rings. The SMILES string of the molecule is O=P(c1ccccc1)(c1ccccc1)c1ccc2c3ccc(P(=[Se])(c4ccccc4)c4ccccc4)cc3c3nc4ccc(-c5ccccc5)cc4n3c2c1. The normalized spacial score (nSPS) is 12.1. The van der Waals surface area contributed by atoms with Crippen molar-refractivity contribution >= 4 is 97.9 Å². The van der Waals surface area contributed by atoms with E-state index < -0.39 is 12.7 Å². The number of hydrogen-bond donors (Lipinski definition) is 0. The van der Waals surface area contributed by atoms with Crippen LogP contribution in [0.1, 0.15) is 0 Å². The number of hydrogen-bond acceptors (Lipinski definition) is 2. The summed E-state index contributed by atoms with van der Waals surface area (Å²) in [5.74, 6) is 0. The Morgan fingerprint density at radius 1 is 0.400 bits per heavy atom. The third-order valence-electron chi connectivity index (χ3n) is 10.7. The molecule has 0 amide bonds. The molecule has 55 heavy (non-hydrogen) atoms. The minimum absolute atomic E-state index is 0.789. The van der Waals surface area contributed by atoms with Crippen molar-refractivity contribution in [2.24, 2.45) is 0 Å². The summed E-state index contributed by atoms with van der Waals surface area (Å²) < 4.78 is 18.0. The van der Waals surface area contributed by atoms with Gasteiger partial charge in [0.25, 0.3) is 0 Å². The van der Waals surface area contributed by atoms with Crippen LogP contribution in [0.4, 0.5) is 0 Å². The summed E-state index contributed by atoms with van der Waals surface area (Å²) in [5, 5.41) is 9.48. The summed E-state index contributed by atoms with van der Waals surface area (Å²) in [6.07, 6.45) is 0. The second-order valence-electron chi connectivity index (χ2n) is 13.8. The molecule has 0 aliphatic heterocycles. The molecule has 0 N–H and O–H groups in total. The van der Waals surface area contributed by atoms with E-state index in [1.807, 2.05) is 66.7 Å². The Balaban J connectivity index is 1.31. The van der Waals surface area contributed by atoms with Crippen LogP contribution >= 0.6 is 12.7 Å². The van der Waals surface area contributed by atoms with E-state index in [4.69, 9.17) is 4.98 Å². The molecule has 0 aliphatic rings.